The number of rotatable bonds is 2. The summed E-state index contributed by atoms with van der Waals surface area (Å²) in [4.78, 5) is 23.0. The van der Waals surface area contributed by atoms with Crippen LogP contribution in [0.4, 0.5) is 0 Å². The average molecular weight is 184 g/mol. The zero-order chi connectivity index (χ0) is 9.90. The normalized spacial score (nSPS) is 28.6. The molecule has 3 heteroatoms. The second kappa shape index (κ2) is 3.90. The van der Waals surface area contributed by atoms with Gasteiger partial charge in [-0.15, -0.1) is 0 Å². The van der Waals surface area contributed by atoms with Gasteiger partial charge in [-0.05, 0) is 26.7 Å². The molecule has 74 valence electrons. The number of hydrogen-bond acceptors (Lipinski definition) is 3. The van der Waals surface area contributed by atoms with Gasteiger partial charge in [-0.3, -0.25) is 9.59 Å². The summed E-state index contributed by atoms with van der Waals surface area (Å²) >= 11 is 0. The molecule has 0 heterocycles. The van der Waals surface area contributed by atoms with E-state index in [1.807, 2.05) is 0 Å². The van der Waals surface area contributed by atoms with Crippen molar-refractivity contribution in [3.8, 4) is 0 Å². The highest BCUT2D eigenvalue weighted by Crippen LogP contribution is 2.33. The lowest BCUT2D eigenvalue weighted by atomic mass is 9.75. The van der Waals surface area contributed by atoms with Gasteiger partial charge in [0.05, 0.1) is 6.61 Å². The van der Waals surface area contributed by atoms with Gasteiger partial charge in [0.15, 0.2) is 0 Å². The standard InChI is InChI=1S/C10H16O3/c1-3-13-9(12)10(2)7-5-4-6-8(10)11/h3-7H2,1-2H3. The Balaban J connectivity index is 2.71. The van der Waals surface area contributed by atoms with Gasteiger partial charge in [0.1, 0.15) is 11.2 Å². The molecule has 0 spiro atoms. The van der Waals surface area contributed by atoms with Gasteiger partial charge < -0.3 is 4.74 Å². The van der Waals surface area contributed by atoms with Crippen LogP contribution in [0.3, 0.4) is 0 Å². The van der Waals surface area contributed by atoms with E-state index in [1.165, 1.54) is 0 Å². The molecule has 0 bridgehead atoms. The molecule has 1 rings (SSSR count). The smallest absolute Gasteiger partial charge is 0.319 e. The highest BCUT2D eigenvalue weighted by atomic mass is 16.5. The molecule has 1 aliphatic carbocycles. The molecule has 1 aliphatic rings. The lowest BCUT2D eigenvalue weighted by Gasteiger charge is -2.29. The van der Waals surface area contributed by atoms with Crippen LogP contribution in [0.2, 0.25) is 0 Å². The molecule has 0 N–H and O–H groups in total. The van der Waals surface area contributed by atoms with E-state index in [9.17, 15) is 9.59 Å². The van der Waals surface area contributed by atoms with Crippen LogP contribution >= 0.6 is 0 Å². The average Bonchev–Trinajstić information content (AvgIpc) is 2.11. The van der Waals surface area contributed by atoms with Crippen LogP contribution in [0, 0.1) is 5.41 Å². The van der Waals surface area contributed by atoms with Gasteiger partial charge in [-0.1, -0.05) is 6.42 Å². The first-order valence-electron chi connectivity index (χ1n) is 4.82. The Morgan fingerprint density at radius 1 is 1.54 bits per heavy atom. The molecular weight excluding hydrogens is 168 g/mol. The van der Waals surface area contributed by atoms with E-state index in [2.05, 4.69) is 0 Å². The maximum absolute atomic E-state index is 11.5. The summed E-state index contributed by atoms with van der Waals surface area (Å²) in [6.45, 7) is 3.81. The van der Waals surface area contributed by atoms with E-state index in [4.69, 9.17) is 4.74 Å². The third-order valence-corrected chi connectivity index (χ3v) is 2.67. The van der Waals surface area contributed by atoms with Crippen LogP contribution in [-0.4, -0.2) is 18.4 Å². The number of esters is 1. The van der Waals surface area contributed by atoms with Crippen molar-refractivity contribution in [2.45, 2.75) is 39.5 Å². The topological polar surface area (TPSA) is 43.4 Å². The SMILES string of the molecule is CCOC(=O)C1(C)CCCCC1=O. The van der Waals surface area contributed by atoms with Crippen LogP contribution in [0.1, 0.15) is 39.5 Å². The summed E-state index contributed by atoms with van der Waals surface area (Å²) in [7, 11) is 0. The Morgan fingerprint density at radius 3 is 2.77 bits per heavy atom. The lowest BCUT2D eigenvalue weighted by molar-refractivity contribution is -0.160. The molecule has 0 aromatic carbocycles. The first kappa shape index (κ1) is 10.2. The Kier molecular flexibility index (Phi) is 3.07. The minimum absolute atomic E-state index is 0.0391. The molecule has 0 amide bonds. The number of ether oxygens (including phenoxy) is 1. The van der Waals surface area contributed by atoms with E-state index in [0.29, 0.717) is 19.4 Å². The molecule has 0 saturated heterocycles. The fourth-order valence-corrected chi connectivity index (χ4v) is 1.69. The molecule has 3 nitrogen and oxygen atoms in total. The predicted octanol–water partition coefficient (Wildman–Crippen LogP) is 1.70. The summed E-state index contributed by atoms with van der Waals surface area (Å²) in [5.74, 6) is -0.308. The van der Waals surface area contributed by atoms with Gasteiger partial charge in [-0.25, -0.2) is 0 Å². The Labute approximate surface area is 78.5 Å². The second-order valence-electron chi connectivity index (χ2n) is 3.68. The minimum Gasteiger partial charge on any atom is -0.465 e. The molecule has 0 aromatic rings. The highest BCUT2D eigenvalue weighted by Gasteiger charge is 2.43. The summed E-state index contributed by atoms with van der Waals surface area (Å²) in [6.07, 6.45) is 3.02. The van der Waals surface area contributed by atoms with Gasteiger partial charge in [0.25, 0.3) is 0 Å². The van der Waals surface area contributed by atoms with Crippen molar-refractivity contribution in [1.29, 1.82) is 0 Å². The van der Waals surface area contributed by atoms with E-state index in [-0.39, 0.29) is 11.8 Å². The van der Waals surface area contributed by atoms with Crippen molar-refractivity contribution < 1.29 is 14.3 Å². The Bertz CT molecular complexity index is 222. The third kappa shape index (κ3) is 1.90. The van der Waals surface area contributed by atoms with Crippen LogP contribution < -0.4 is 0 Å². The number of ketones is 1. The summed E-state index contributed by atoms with van der Waals surface area (Å²) in [5.41, 5.74) is -0.853. The zero-order valence-electron chi connectivity index (χ0n) is 8.26. The van der Waals surface area contributed by atoms with Crippen molar-refractivity contribution in [3.05, 3.63) is 0 Å². The number of carbonyl (C=O) groups is 2. The minimum atomic E-state index is -0.853. The van der Waals surface area contributed by atoms with E-state index in [1.54, 1.807) is 13.8 Å². The summed E-state index contributed by atoms with van der Waals surface area (Å²) in [5, 5.41) is 0. The maximum atomic E-state index is 11.5. The lowest BCUT2D eigenvalue weighted by Crippen LogP contribution is -2.40. The molecule has 1 fully saturated rings. The summed E-state index contributed by atoms with van der Waals surface area (Å²) in [6, 6.07) is 0. The van der Waals surface area contributed by atoms with Crippen molar-refractivity contribution >= 4 is 11.8 Å². The van der Waals surface area contributed by atoms with Crippen LogP contribution in [-0.2, 0) is 14.3 Å². The van der Waals surface area contributed by atoms with Gasteiger partial charge in [0, 0.05) is 6.42 Å². The number of hydrogen-bond donors (Lipinski definition) is 0. The van der Waals surface area contributed by atoms with E-state index < -0.39 is 5.41 Å². The molecular formula is C10H16O3. The Morgan fingerprint density at radius 2 is 2.23 bits per heavy atom. The molecule has 13 heavy (non-hydrogen) atoms. The molecule has 1 saturated carbocycles. The monoisotopic (exact) mass is 184 g/mol. The third-order valence-electron chi connectivity index (χ3n) is 2.67. The van der Waals surface area contributed by atoms with E-state index in [0.717, 1.165) is 12.8 Å². The zero-order valence-corrected chi connectivity index (χ0v) is 8.26. The van der Waals surface area contributed by atoms with Gasteiger partial charge in [-0.2, -0.15) is 0 Å². The fourth-order valence-electron chi connectivity index (χ4n) is 1.69. The largest absolute Gasteiger partial charge is 0.465 e. The van der Waals surface area contributed by atoms with Crippen molar-refractivity contribution in [1.82, 2.24) is 0 Å². The Hall–Kier alpha value is -0.860. The van der Waals surface area contributed by atoms with Crippen molar-refractivity contribution in [2.75, 3.05) is 6.61 Å². The molecule has 0 aromatic heterocycles. The second-order valence-corrected chi connectivity index (χ2v) is 3.68. The quantitative estimate of drug-likeness (QED) is 0.484. The van der Waals surface area contributed by atoms with Gasteiger partial charge in [0.2, 0.25) is 0 Å². The fraction of sp³-hybridized carbons (Fsp3) is 0.800. The van der Waals surface area contributed by atoms with Crippen molar-refractivity contribution in [3.63, 3.8) is 0 Å². The summed E-state index contributed by atoms with van der Waals surface area (Å²) < 4.78 is 4.89. The molecule has 0 radical (unpaired) electrons. The van der Waals surface area contributed by atoms with Crippen LogP contribution in [0.5, 0.6) is 0 Å². The molecule has 1 unspecified atom stereocenters. The van der Waals surface area contributed by atoms with Crippen molar-refractivity contribution in [2.24, 2.45) is 5.41 Å². The molecule has 0 aliphatic heterocycles. The van der Waals surface area contributed by atoms with Gasteiger partial charge >= 0.3 is 5.97 Å². The predicted molar refractivity (Wildman–Crippen MR) is 48.2 cm³/mol. The highest BCUT2D eigenvalue weighted by molar-refractivity contribution is 6.03. The first-order chi connectivity index (χ1) is 6.11. The van der Waals surface area contributed by atoms with Crippen LogP contribution in [0.15, 0.2) is 0 Å². The number of carbonyl (C=O) groups excluding carboxylic acids is 2. The number of Topliss-reactive ketones (excluding diaryl/α,β-unsaturated/α-hetero) is 1. The van der Waals surface area contributed by atoms with Crippen LogP contribution in [0.25, 0.3) is 0 Å². The van der Waals surface area contributed by atoms with E-state index >= 15 is 0 Å². The first-order valence-corrected chi connectivity index (χ1v) is 4.82. The maximum Gasteiger partial charge on any atom is 0.319 e. The molecule has 1 atom stereocenters.